The van der Waals surface area contributed by atoms with E-state index in [0.717, 1.165) is 43.8 Å². The van der Waals surface area contributed by atoms with Gasteiger partial charge in [-0.25, -0.2) is 13.1 Å². The minimum atomic E-state index is -3.20. The summed E-state index contributed by atoms with van der Waals surface area (Å²) in [5.41, 5.74) is 4.43. The van der Waals surface area contributed by atoms with Gasteiger partial charge >= 0.3 is 0 Å². The maximum absolute atomic E-state index is 11.2. The monoisotopic (exact) mass is 373 g/mol. The van der Waals surface area contributed by atoms with Crippen LogP contribution < -0.4 is 4.72 Å². The fourth-order valence-corrected chi connectivity index (χ4v) is 3.90. The van der Waals surface area contributed by atoms with Gasteiger partial charge in [-0.2, -0.15) is 5.10 Å². The van der Waals surface area contributed by atoms with E-state index in [4.69, 9.17) is 0 Å². The standard InChI is InChI=1S/C18H23N5O2S/c1-21-6-5-15-9-14(3-4-18(15)21)12-22-7-8-23-17(13-22)10-16(20-23)11-19-26(2,24)25/h3-6,9-10,19H,7-8,11-13H2,1-2H3. The van der Waals surface area contributed by atoms with Gasteiger partial charge in [-0.3, -0.25) is 9.58 Å². The van der Waals surface area contributed by atoms with E-state index in [2.05, 4.69) is 56.8 Å². The van der Waals surface area contributed by atoms with Crippen LogP contribution in [0.2, 0.25) is 0 Å². The zero-order chi connectivity index (χ0) is 18.3. The van der Waals surface area contributed by atoms with Crippen molar-refractivity contribution >= 4 is 20.9 Å². The van der Waals surface area contributed by atoms with E-state index >= 15 is 0 Å². The summed E-state index contributed by atoms with van der Waals surface area (Å²) in [7, 11) is -1.14. The maximum Gasteiger partial charge on any atom is 0.209 e. The molecule has 0 saturated carbocycles. The van der Waals surface area contributed by atoms with Crippen LogP contribution in [0.3, 0.4) is 0 Å². The largest absolute Gasteiger partial charge is 0.351 e. The molecule has 0 bridgehead atoms. The summed E-state index contributed by atoms with van der Waals surface area (Å²) in [4.78, 5) is 2.40. The predicted octanol–water partition coefficient (Wildman–Crippen LogP) is 1.44. The highest BCUT2D eigenvalue weighted by molar-refractivity contribution is 7.88. The molecule has 0 unspecified atom stereocenters. The third-order valence-electron chi connectivity index (χ3n) is 4.80. The molecule has 0 radical (unpaired) electrons. The van der Waals surface area contributed by atoms with Gasteiger partial charge in [0.1, 0.15) is 0 Å². The average Bonchev–Trinajstić information content (AvgIpc) is 3.15. The summed E-state index contributed by atoms with van der Waals surface area (Å²) in [6, 6.07) is 10.8. The number of nitrogens with one attached hydrogen (secondary N) is 1. The lowest BCUT2D eigenvalue weighted by Gasteiger charge is -2.27. The number of aromatic nitrogens is 3. The fourth-order valence-electron chi connectivity index (χ4n) is 3.49. The topological polar surface area (TPSA) is 72.2 Å². The summed E-state index contributed by atoms with van der Waals surface area (Å²) in [6.07, 6.45) is 3.24. The third kappa shape index (κ3) is 3.67. The van der Waals surface area contributed by atoms with Crippen molar-refractivity contribution in [2.45, 2.75) is 26.2 Å². The van der Waals surface area contributed by atoms with Crippen molar-refractivity contribution in [3.63, 3.8) is 0 Å². The first-order valence-electron chi connectivity index (χ1n) is 8.64. The van der Waals surface area contributed by atoms with Gasteiger partial charge in [0.15, 0.2) is 0 Å². The van der Waals surface area contributed by atoms with Crippen molar-refractivity contribution in [2.75, 3.05) is 12.8 Å². The van der Waals surface area contributed by atoms with Crippen molar-refractivity contribution in [1.29, 1.82) is 0 Å². The minimum Gasteiger partial charge on any atom is -0.351 e. The van der Waals surface area contributed by atoms with E-state index in [0.29, 0.717) is 0 Å². The van der Waals surface area contributed by atoms with Crippen molar-refractivity contribution in [3.8, 4) is 0 Å². The Bertz CT molecular complexity index is 1050. The van der Waals surface area contributed by atoms with Crippen LogP contribution in [0.25, 0.3) is 10.9 Å². The smallest absolute Gasteiger partial charge is 0.209 e. The van der Waals surface area contributed by atoms with Crippen LogP contribution in [0.1, 0.15) is 17.0 Å². The second-order valence-electron chi connectivity index (χ2n) is 6.97. The number of hydrogen-bond donors (Lipinski definition) is 1. The maximum atomic E-state index is 11.2. The van der Waals surface area contributed by atoms with Gasteiger partial charge < -0.3 is 4.57 Å². The lowest BCUT2D eigenvalue weighted by atomic mass is 10.1. The number of sulfonamides is 1. The Kier molecular flexibility index (Phi) is 4.34. The Balaban J connectivity index is 1.44. The molecule has 138 valence electrons. The van der Waals surface area contributed by atoms with Gasteiger partial charge in [0, 0.05) is 38.4 Å². The number of rotatable bonds is 5. The molecule has 0 atom stereocenters. The summed E-state index contributed by atoms with van der Waals surface area (Å²) >= 11 is 0. The summed E-state index contributed by atoms with van der Waals surface area (Å²) in [6.45, 7) is 3.71. The fraction of sp³-hybridized carbons (Fsp3) is 0.389. The van der Waals surface area contributed by atoms with Crippen LogP contribution >= 0.6 is 0 Å². The van der Waals surface area contributed by atoms with Crippen molar-refractivity contribution in [3.05, 3.63) is 53.5 Å². The summed E-state index contributed by atoms with van der Waals surface area (Å²) in [5.74, 6) is 0. The lowest BCUT2D eigenvalue weighted by Crippen LogP contribution is -2.33. The van der Waals surface area contributed by atoms with Crippen LogP contribution in [0.5, 0.6) is 0 Å². The van der Waals surface area contributed by atoms with Gasteiger partial charge in [0.2, 0.25) is 10.0 Å². The first kappa shape index (κ1) is 17.3. The molecule has 0 spiro atoms. The summed E-state index contributed by atoms with van der Waals surface area (Å²) < 4.78 is 29.1. The van der Waals surface area contributed by atoms with E-state index in [1.54, 1.807) is 0 Å². The second kappa shape index (κ2) is 6.53. The molecule has 4 rings (SSSR count). The SMILES string of the molecule is Cn1ccc2cc(CN3CCn4nc(CNS(C)(=O)=O)cc4C3)ccc21. The van der Waals surface area contributed by atoms with Gasteiger partial charge in [0.05, 0.1) is 30.7 Å². The number of aryl methyl sites for hydroxylation is 1. The molecule has 3 heterocycles. The molecule has 2 aromatic heterocycles. The van der Waals surface area contributed by atoms with Crippen molar-refractivity contribution < 1.29 is 8.42 Å². The summed E-state index contributed by atoms with van der Waals surface area (Å²) in [5, 5.41) is 5.76. The molecule has 1 N–H and O–H groups in total. The molecule has 7 nitrogen and oxygen atoms in total. The minimum absolute atomic E-state index is 0.240. The molecule has 3 aromatic rings. The van der Waals surface area contributed by atoms with Crippen LogP contribution in [0.15, 0.2) is 36.5 Å². The van der Waals surface area contributed by atoms with Crippen LogP contribution in [-0.2, 0) is 43.2 Å². The highest BCUT2D eigenvalue weighted by Crippen LogP contribution is 2.20. The average molecular weight is 373 g/mol. The molecule has 0 amide bonds. The Labute approximate surface area is 153 Å². The molecule has 1 aromatic carbocycles. The van der Waals surface area contributed by atoms with E-state index < -0.39 is 10.0 Å². The van der Waals surface area contributed by atoms with E-state index in [1.807, 2.05) is 10.7 Å². The first-order chi connectivity index (χ1) is 12.4. The third-order valence-corrected chi connectivity index (χ3v) is 5.47. The lowest BCUT2D eigenvalue weighted by molar-refractivity contribution is 0.205. The molecule has 26 heavy (non-hydrogen) atoms. The van der Waals surface area contributed by atoms with Gasteiger partial charge in [-0.1, -0.05) is 6.07 Å². The Hall–Kier alpha value is -2.16. The quantitative estimate of drug-likeness (QED) is 0.735. The van der Waals surface area contributed by atoms with Gasteiger partial charge in [0.25, 0.3) is 0 Å². The Morgan fingerprint density at radius 1 is 1.19 bits per heavy atom. The number of nitrogens with zero attached hydrogens (tertiary/aromatic N) is 4. The van der Waals surface area contributed by atoms with E-state index in [-0.39, 0.29) is 6.54 Å². The van der Waals surface area contributed by atoms with Crippen molar-refractivity contribution in [2.24, 2.45) is 7.05 Å². The van der Waals surface area contributed by atoms with Crippen molar-refractivity contribution in [1.82, 2.24) is 24.0 Å². The molecular weight excluding hydrogens is 350 g/mol. The van der Waals surface area contributed by atoms with E-state index in [9.17, 15) is 8.42 Å². The van der Waals surface area contributed by atoms with Gasteiger partial charge in [-0.15, -0.1) is 0 Å². The molecule has 0 fully saturated rings. The molecule has 0 aliphatic carbocycles. The number of hydrogen-bond acceptors (Lipinski definition) is 4. The molecule has 1 aliphatic heterocycles. The van der Waals surface area contributed by atoms with Crippen LogP contribution in [0, 0.1) is 0 Å². The normalized spacial score (nSPS) is 15.5. The van der Waals surface area contributed by atoms with Crippen LogP contribution in [0.4, 0.5) is 0 Å². The second-order valence-corrected chi connectivity index (χ2v) is 8.81. The molecular formula is C18H23N5O2S. The Morgan fingerprint density at radius 2 is 2.04 bits per heavy atom. The molecule has 0 saturated heterocycles. The molecule has 8 heteroatoms. The highest BCUT2D eigenvalue weighted by Gasteiger charge is 2.19. The number of fused-ring (bicyclic) bond motifs is 2. The number of benzene rings is 1. The van der Waals surface area contributed by atoms with E-state index in [1.165, 1.54) is 16.5 Å². The van der Waals surface area contributed by atoms with Gasteiger partial charge in [-0.05, 0) is 35.2 Å². The first-order valence-corrected chi connectivity index (χ1v) is 10.5. The zero-order valence-electron chi connectivity index (χ0n) is 15.0. The Morgan fingerprint density at radius 3 is 2.85 bits per heavy atom. The predicted molar refractivity (Wildman–Crippen MR) is 101 cm³/mol. The highest BCUT2D eigenvalue weighted by atomic mass is 32.2. The zero-order valence-corrected chi connectivity index (χ0v) is 15.8. The molecule has 1 aliphatic rings. The van der Waals surface area contributed by atoms with Crippen LogP contribution in [-0.4, -0.2) is 40.5 Å².